The number of hydrogen-bond acceptors (Lipinski definition) is 2. The van der Waals surface area contributed by atoms with E-state index in [2.05, 4.69) is 43.4 Å². The van der Waals surface area contributed by atoms with Gasteiger partial charge in [0.15, 0.2) is 0 Å². The number of nitrogens with one attached hydrogen (secondary N) is 1. The Balaban J connectivity index is 1.62. The predicted octanol–water partition coefficient (Wildman–Crippen LogP) is 3.31. The van der Waals surface area contributed by atoms with Crippen molar-refractivity contribution in [2.45, 2.75) is 51.0 Å². The normalized spacial score (nSPS) is 22.5. The highest BCUT2D eigenvalue weighted by Crippen LogP contribution is 2.41. The number of fused-ring (bicyclic) bond motifs is 1. The lowest BCUT2D eigenvalue weighted by Gasteiger charge is -2.38. The second-order valence-electron chi connectivity index (χ2n) is 8.51. The van der Waals surface area contributed by atoms with Gasteiger partial charge >= 0.3 is 6.03 Å². The average Bonchev–Trinajstić information content (AvgIpc) is 2.63. The zero-order valence-corrected chi connectivity index (χ0v) is 16.4. The lowest BCUT2D eigenvalue weighted by Crippen LogP contribution is -2.47. The van der Waals surface area contributed by atoms with Crippen LogP contribution in [0.1, 0.15) is 56.7 Å². The fraction of sp³-hybridized carbons (Fsp3) is 0.619. The molecule has 1 saturated heterocycles. The molecule has 5 nitrogen and oxygen atoms in total. The van der Waals surface area contributed by atoms with Gasteiger partial charge in [0.1, 0.15) is 0 Å². The highest BCUT2D eigenvalue weighted by atomic mass is 16.2. The third-order valence-corrected chi connectivity index (χ3v) is 5.96. The van der Waals surface area contributed by atoms with E-state index in [9.17, 15) is 9.59 Å². The molecule has 26 heavy (non-hydrogen) atoms. The van der Waals surface area contributed by atoms with Crippen LogP contribution in [0, 0.1) is 5.92 Å². The predicted molar refractivity (Wildman–Crippen MR) is 103 cm³/mol. The number of carbonyl (C=O) groups is 2. The molecule has 1 fully saturated rings. The Hall–Kier alpha value is -2.04. The highest BCUT2D eigenvalue weighted by Gasteiger charge is 2.35. The number of likely N-dealkylation sites (tertiary alicyclic amines) is 1. The average molecular weight is 357 g/mol. The molecule has 1 aliphatic carbocycles. The molecule has 2 aliphatic rings. The van der Waals surface area contributed by atoms with E-state index in [0.29, 0.717) is 13.1 Å². The van der Waals surface area contributed by atoms with Crippen molar-refractivity contribution in [3.8, 4) is 0 Å². The standard InChI is InChI=1S/C21H31N3O2/c1-21(2)12-9-18(16-7-5-6-8-17(16)21)22-19(25)15-10-13-24(14-11-15)20(26)23(3)4/h5-8,15,18H,9-14H2,1-4H3,(H,22,25). The van der Waals surface area contributed by atoms with Crippen molar-refractivity contribution in [3.05, 3.63) is 35.4 Å². The van der Waals surface area contributed by atoms with Crippen molar-refractivity contribution in [3.63, 3.8) is 0 Å². The maximum absolute atomic E-state index is 12.8. The molecular weight excluding hydrogens is 326 g/mol. The fourth-order valence-corrected chi connectivity index (χ4v) is 4.27. The van der Waals surface area contributed by atoms with Gasteiger partial charge < -0.3 is 15.1 Å². The number of amides is 3. The van der Waals surface area contributed by atoms with Gasteiger partial charge in [0.2, 0.25) is 5.91 Å². The zero-order valence-electron chi connectivity index (χ0n) is 16.4. The number of nitrogens with zero attached hydrogens (tertiary/aromatic N) is 2. The molecule has 5 heteroatoms. The first-order valence-corrected chi connectivity index (χ1v) is 9.65. The molecule has 1 atom stereocenters. The Bertz CT molecular complexity index is 676. The monoisotopic (exact) mass is 357 g/mol. The Morgan fingerprint density at radius 2 is 1.77 bits per heavy atom. The highest BCUT2D eigenvalue weighted by molar-refractivity contribution is 5.80. The fourth-order valence-electron chi connectivity index (χ4n) is 4.27. The van der Waals surface area contributed by atoms with Gasteiger partial charge in [-0.2, -0.15) is 0 Å². The summed E-state index contributed by atoms with van der Waals surface area (Å²) >= 11 is 0. The third-order valence-electron chi connectivity index (χ3n) is 5.96. The Morgan fingerprint density at radius 1 is 1.12 bits per heavy atom. The van der Waals surface area contributed by atoms with Crippen LogP contribution in [0.3, 0.4) is 0 Å². The first kappa shape index (κ1) is 18.7. The molecule has 1 aromatic rings. The molecular formula is C21H31N3O2. The summed E-state index contributed by atoms with van der Waals surface area (Å²) in [5, 5.41) is 3.30. The molecule has 1 aromatic carbocycles. The second kappa shape index (κ2) is 7.29. The number of hydrogen-bond donors (Lipinski definition) is 1. The zero-order chi connectivity index (χ0) is 18.9. The van der Waals surface area contributed by atoms with Crippen molar-refractivity contribution in [1.29, 1.82) is 0 Å². The minimum absolute atomic E-state index is 0.00307. The van der Waals surface area contributed by atoms with E-state index in [0.717, 1.165) is 25.7 Å². The molecule has 1 unspecified atom stereocenters. The molecule has 0 radical (unpaired) electrons. The molecule has 1 heterocycles. The summed E-state index contributed by atoms with van der Waals surface area (Å²) in [6.07, 6.45) is 3.54. The number of urea groups is 1. The van der Waals surface area contributed by atoms with Crippen LogP contribution in [0.15, 0.2) is 24.3 Å². The van der Waals surface area contributed by atoms with Crippen molar-refractivity contribution in [1.82, 2.24) is 15.1 Å². The van der Waals surface area contributed by atoms with Crippen LogP contribution in [-0.4, -0.2) is 48.9 Å². The van der Waals surface area contributed by atoms with Crippen LogP contribution in [0.4, 0.5) is 4.79 Å². The lowest BCUT2D eigenvalue weighted by molar-refractivity contribution is -0.127. The molecule has 1 N–H and O–H groups in total. The molecule has 3 amide bonds. The quantitative estimate of drug-likeness (QED) is 0.883. The summed E-state index contributed by atoms with van der Waals surface area (Å²) in [6, 6.07) is 8.63. The van der Waals surface area contributed by atoms with E-state index in [1.54, 1.807) is 19.0 Å². The second-order valence-corrected chi connectivity index (χ2v) is 8.51. The van der Waals surface area contributed by atoms with E-state index in [1.165, 1.54) is 11.1 Å². The van der Waals surface area contributed by atoms with Gasteiger partial charge in [-0.05, 0) is 42.2 Å². The first-order chi connectivity index (χ1) is 12.3. The molecule has 142 valence electrons. The summed E-state index contributed by atoms with van der Waals surface area (Å²) in [5.74, 6) is 0.143. The van der Waals surface area contributed by atoms with Crippen molar-refractivity contribution >= 4 is 11.9 Å². The van der Waals surface area contributed by atoms with E-state index in [4.69, 9.17) is 0 Å². The van der Waals surface area contributed by atoms with Crippen LogP contribution in [-0.2, 0) is 10.2 Å². The molecule has 1 aliphatic heterocycles. The smallest absolute Gasteiger partial charge is 0.319 e. The SMILES string of the molecule is CN(C)C(=O)N1CCC(C(=O)NC2CCC(C)(C)c3ccccc32)CC1. The first-order valence-electron chi connectivity index (χ1n) is 9.65. The van der Waals surface area contributed by atoms with Gasteiger partial charge in [0, 0.05) is 33.1 Å². The van der Waals surface area contributed by atoms with Crippen LogP contribution in [0.5, 0.6) is 0 Å². The number of carbonyl (C=O) groups excluding carboxylic acids is 2. The lowest BCUT2D eigenvalue weighted by atomic mass is 9.71. The summed E-state index contributed by atoms with van der Waals surface area (Å²) in [5.41, 5.74) is 2.77. The molecule has 0 saturated carbocycles. The van der Waals surface area contributed by atoms with E-state index in [1.807, 2.05) is 4.90 Å². The Labute approximate surface area is 156 Å². The molecule has 0 aromatic heterocycles. The van der Waals surface area contributed by atoms with Crippen LogP contribution in [0.2, 0.25) is 0 Å². The van der Waals surface area contributed by atoms with Gasteiger partial charge in [0.25, 0.3) is 0 Å². The number of rotatable bonds is 2. The van der Waals surface area contributed by atoms with Gasteiger partial charge in [-0.15, -0.1) is 0 Å². The topological polar surface area (TPSA) is 52.7 Å². The van der Waals surface area contributed by atoms with Gasteiger partial charge in [0.05, 0.1) is 6.04 Å². The summed E-state index contributed by atoms with van der Waals surface area (Å²) in [4.78, 5) is 28.3. The van der Waals surface area contributed by atoms with Crippen LogP contribution < -0.4 is 5.32 Å². The van der Waals surface area contributed by atoms with Crippen molar-refractivity contribution < 1.29 is 9.59 Å². The van der Waals surface area contributed by atoms with Crippen LogP contribution >= 0.6 is 0 Å². The van der Waals surface area contributed by atoms with Gasteiger partial charge in [-0.25, -0.2) is 4.79 Å². The van der Waals surface area contributed by atoms with E-state index in [-0.39, 0.29) is 29.3 Å². The van der Waals surface area contributed by atoms with Gasteiger partial charge in [-0.3, -0.25) is 4.79 Å². The number of benzene rings is 1. The Morgan fingerprint density at radius 3 is 2.42 bits per heavy atom. The summed E-state index contributed by atoms with van der Waals surface area (Å²) in [6.45, 7) is 5.87. The maximum Gasteiger partial charge on any atom is 0.319 e. The molecule has 0 bridgehead atoms. The molecule has 3 rings (SSSR count). The molecule has 0 spiro atoms. The largest absolute Gasteiger partial charge is 0.349 e. The third kappa shape index (κ3) is 3.71. The van der Waals surface area contributed by atoms with Crippen LogP contribution in [0.25, 0.3) is 0 Å². The maximum atomic E-state index is 12.8. The van der Waals surface area contributed by atoms with E-state index >= 15 is 0 Å². The van der Waals surface area contributed by atoms with Gasteiger partial charge in [-0.1, -0.05) is 38.1 Å². The minimum Gasteiger partial charge on any atom is -0.349 e. The van der Waals surface area contributed by atoms with Crippen molar-refractivity contribution in [2.24, 2.45) is 5.92 Å². The van der Waals surface area contributed by atoms with Crippen molar-refractivity contribution in [2.75, 3.05) is 27.2 Å². The number of piperidine rings is 1. The summed E-state index contributed by atoms with van der Waals surface area (Å²) in [7, 11) is 3.53. The van der Waals surface area contributed by atoms with E-state index < -0.39 is 0 Å². The summed E-state index contributed by atoms with van der Waals surface area (Å²) < 4.78 is 0. The Kier molecular flexibility index (Phi) is 5.26. The minimum atomic E-state index is 0.00307.